The van der Waals surface area contributed by atoms with Gasteiger partial charge in [-0.25, -0.2) is 10.2 Å². The van der Waals surface area contributed by atoms with Crippen LogP contribution in [0.25, 0.3) is 0 Å². The van der Waals surface area contributed by atoms with Crippen LogP contribution in [0.3, 0.4) is 0 Å². The second-order valence-electron chi connectivity index (χ2n) is 9.27. The number of hydrogen-bond donors (Lipinski definition) is 1. The molecular formula is C31H44N2O5. The molecule has 2 rings (SSSR count). The zero-order valence-corrected chi connectivity index (χ0v) is 23.3. The van der Waals surface area contributed by atoms with Crippen LogP contribution < -0.4 is 19.6 Å². The van der Waals surface area contributed by atoms with Crippen molar-refractivity contribution in [2.24, 2.45) is 5.10 Å². The molecule has 0 aliphatic rings. The molecule has 0 unspecified atom stereocenters. The van der Waals surface area contributed by atoms with Crippen molar-refractivity contribution in [1.82, 2.24) is 5.43 Å². The van der Waals surface area contributed by atoms with E-state index in [-0.39, 0.29) is 5.91 Å². The second-order valence-corrected chi connectivity index (χ2v) is 9.27. The van der Waals surface area contributed by atoms with Gasteiger partial charge in [0, 0.05) is 6.42 Å². The minimum atomic E-state index is -0.488. The first kappa shape index (κ1) is 30.9. The minimum Gasteiger partial charge on any atom is -0.494 e. The van der Waals surface area contributed by atoms with E-state index in [1.165, 1.54) is 44.9 Å². The molecule has 0 radical (unpaired) electrons. The third-order valence-electron chi connectivity index (χ3n) is 5.94. The Morgan fingerprint density at radius 3 is 2.13 bits per heavy atom. The molecule has 0 aliphatic carbocycles. The van der Waals surface area contributed by atoms with Crippen molar-refractivity contribution in [3.05, 3.63) is 53.6 Å². The zero-order valence-electron chi connectivity index (χ0n) is 23.3. The van der Waals surface area contributed by atoms with Gasteiger partial charge in [-0.05, 0) is 67.8 Å². The highest BCUT2D eigenvalue weighted by Gasteiger charge is 2.13. The van der Waals surface area contributed by atoms with Crippen molar-refractivity contribution in [2.45, 2.75) is 91.4 Å². The summed E-state index contributed by atoms with van der Waals surface area (Å²) in [5.74, 6) is 0.870. The summed E-state index contributed by atoms with van der Waals surface area (Å²) >= 11 is 0. The zero-order chi connectivity index (χ0) is 27.4. The van der Waals surface area contributed by atoms with Gasteiger partial charge in [0.2, 0.25) is 5.91 Å². The summed E-state index contributed by atoms with van der Waals surface area (Å²) in [6.45, 7) is 7.15. The van der Waals surface area contributed by atoms with E-state index in [0.717, 1.165) is 19.3 Å². The Hall–Kier alpha value is -3.35. The van der Waals surface area contributed by atoms with Crippen LogP contribution in [0.5, 0.6) is 17.2 Å². The largest absolute Gasteiger partial charge is 0.494 e. The number of hydrogen-bond acceptors (Lipinski definition) is 6. The predicted octanol–water partition coefficient (Wildman–Crippen LogP) is 7.46. The Kier molecular flexibility index (Phi) is 15.3. The van der Waals surface area contributed by atoms with E-state index in [2.05, 4.69) is 17.5 Å². The number of carbonyl (C=O) groups is 2. The molecule has 1 N–H and O–H groups in total. The van der Waals surface area contributed by atoms with Crippen LogP contribution in [0.2, 0.25) is 0 Å². The Labute approximate surface area is 228 Å². The molecule has 0 saturated heterocycles. The molecule has 2 aromatic rings. The van der Waals surface area contributed by atoms with Crippen LogP contribution >= 0.6 is 0 Å². The average Bonchev–Trinajstić information content (AvgIpc) is 2.92. The molecular weight excluding hydrogens is 480 g/mol. The molecule has 0 bridgehead atoms. The molecule has 0 aromatic heterocycles. The average molecular weight is 525 g/mol. The highest BCUT2D eigenvalue weighted by molar-refractivity contribution is 5.91. The maximum Gasteiger partial charge on any atom is 0.343 e. The Bertz CT molecular complexity index is 988. The minimum absolute atomic E-state index is 0.0918. The lowest BCUT2D eigenvalue weighted by Gasteiger charge is -2.12. The fraction of sp³-hybridized carbons (Fsp3) is 0.516. The number of rotatable bonds is 19. The van der Waals surface area contributed by atoms with E-state index in [4.69, 9.17) is 14.2 Å². The van der Waals surface area contributed by atoms with Gasteiger partial charge in [0.15, 0.2) is 11.5 Å². The number of esters is 1. The van der Waals surface area contributed by atoms with Crippen molar-refractivity contribution >= 4 is 18.1 Å². The Morgan fingerprint density at radius 1 is 0.789 bits per heavy atom. The molecule has 208 valence electrons. The smallest absolute Gasteiger partial charge is 0.343 e. The summed E-state index contributed by atoms with van der Waals surface area (Å²) in [6, 6.07) is 12.0. The molecule has 7 nitrogen and oxygen atoms in total. The number of nitrogens with one attached hydrogen (secondary N) is 1. The highest BCUT2D eigenvalue weighted by atomic mass is 16.6. The molecule has 7 heteroatoms. The second kappa shape index (κ2) is 18.8. The number of carbonyl (C=O) groups excluding carboxylic acids is 2. The Morgan fingerprint density at radius 2 is 1.47 bits per heavy atom. The van der Waals surface area contributed by atoms with Gasteiger partial charge in [0.1, 0.15) is 5.75 Å². The molecule has 1 amide bonds. The lowest BCUT2D eigenvalue weighted by Crippen LogP contribution is -2.16. The number of benzene rings is 2. The van der Waals surface area contributed by atoms with Gasteiger partial charge in [0.05, 0.1) is 25.0 Å². The van der Waals surface area contributed by atoms with Crippen LogP contribution in [-0.4, -0.2) is 31.3 Å². The van der Waals surface area contributed by atoms with Crippen LogP contribution in [0, 0.1) is 0 Å². The summed E-state index contributed by atoms with van der Waals surface area (Å²) in [6.07, 6.45) is 13.9. The number of hydrazone groups is 1. The van der Waals surface area contributed by atoms with Crippen LogP contribution in [0.1, 0.15) is 107 Å². The standard InChI is InChI=1S/C31H44N2O5/c1-4-7-8-9-10-11-12-13-14-15-30(34)33-32-24-25-16-21-28(29(23-25)36-6-3)38-31(35)26-17-19-27(20-18-26)37-22-5-2/h16-21,23-24H,4-15,22H2,1-3H3,(H,33,34)/b32-24-. The quantitative estimate of drug-likeness (QED) is 0.0677. The van der Waals surface area contributed by atoms with Crippen LogP contribution in [0.15, 0.2) is 47.6 Å². The summed E-state index contributed by atoms with van der Waals surface area (Å²) in [5.41, 5.74) is 3.72. The molecule has 0 atom stereocenters. The number of nitrogens with zero attached hydrogens (tertiary/aromatic N) is 1. The van der Waals surface area contributed by atoms with Gasteiger partial charge in [-0.15, -0.1) is 0 Å². The van der Waals surface area contributed by atoms with Crippen molar-refractivity contribution in [2.75, 3.05) is 13.2 Å². The lowest BCUT2D eigenvalue weighted by molar-refractivity contribution is -0.121. The predicted molar refractivity (Wildman–Crippen MR) is 152 cm³/mol. The third kappa shape index (κ3) is 12.3. The molecule has 0 spiro atoms. The van der Waals surface area contributed by atoms with Gasteiger partial charge >= 0.3 is 5.97 Å². The van der Waals surface area contributed by atoms with Crippen molar-refractivity contribution < 1.29 is 23.8 Å². The van der Waals surface area contributed by atoms with E-state index >= 15 is 0 Å². The molecule has 38 heavy (non-hydrogen) atoms. The molecule has 0 fully saturated rings. The fourth-order valence-corrected chi connectivity index (χ4v) is 3.85. The SMILES string of the molecule is CCCCCCCCCCCC(=O)N/N=C\c1ccc(OC(=O)c2ccc(OCCC)cc2)c(OCC)c1. The van der Waals surface area contributed by atoms with Crippen molar-refractivity contribution in [3.63, 3.8) is 0 Å². The van der Waals surface area contributed by atoms with Gasteiger partial charge in [0.25, 0.3) is 0 Å². The van der Waals surface area contributed by atoms with Crippen LogP contribution in [-0.2, 0) is 4.79 Å². The highest BCUT2D eigenvalue weighted by Crippen LogP contribution is 2.29. The van der Waals surface area contributed by atoms with E-state index in [0.29, 0.717) is 48.0 Å². The van der Waals surface area contributed by atoms with E-state index < -0.39 is 5.97 Å². The first-order valence-corrected chi connectivity index (χ1v) is 14.1. The van der Waals surface area contributed by atoms with Gasteiger partial charge in [-0.1, -0.05) is 65.2 Å². The molecule has 0 saturated carbocycles. The van der Waals surface area contributed by atoms with Gasteiger partial charge in [-0.2, -0.15) is 5.10 Å². The maximum absolute atomic E-state index is 12.6. The van der Waals surface area contributed by atoms with Crippen molar-refractivity contribution in [1.29, 1.82) is 0 Å². The molecule has 0 aliphatic heterocycles. The monoisotopic (exact) mass is 524 g/mol. The van der Waals surface area contributed by atoms with E-state index in [9.17, 15) is 9.59 Å². The Balaban J connectivity index is 1.80. The third-order valence-corrected chi connectivity index (χ3v) is 5.94. The first-order valence-electron chi connectivity index (χ1n) is 14.1. The molecule has 2 aromatic carbocycles. The summed E-state index contributed by atoms with van der Waals surface area (Å²) in [5, 5.41) is 4.07. The van der Waals surface area contributed by atoms with Crippen molar-refractivity contribution in [3.8, 4) is 17.2 Å². The number of amides is 1. The summed E-state index contributed by atoms with van der Waals surface area (Å²) in [4.78, 5) is 24.7. The van der Waals surface area contributed by atoms with Gasteiger partial charge < -0.3 is 14.2 Å². The summed E-state index contributed by atoms with van der Waals surface area (Å²) < 4.78 is 16.8. The number of unbranched alkanes of at least 4 members (excludes halogenated alkanes) is 8. The maximum atomic E-state index is 12.6. The normalized spacial score (nSPS) is 10.9. The van der Waals surface area contributed by atoms with Crippen LogP contribution in [0.4, 0.5) is 0 Å². The lowest BCUT2D eigenvalue weighted by atomic mass is 10.1. The van der Waals surface area contributed by atoms with Gasteiger partial charge in [-0.3, -0.25) is 4.79 Å². The van der Waals surface area contributed by atoms with E-state index in [1.807, 2.05) is 13.8 Å². The van der Waals surface area contributed by atoms with E-state index in [1.54, 1.807) is 48.7 Å². The summed E-state index contributed by atoms with van der Waals surface area (Å²) in [7, 11) is 0. The topological polar surface area (TPSA) is 86.2 Å². The number of ether oxygens (including phenoxy) is 3. The first-order chi connectivity index (χ1) is 18.6. The fourth-order valence-electron chi connectivity index (χ4n) is 3.85. The molecule has 0 heterocycles.